The molecule has 3 N–H and O–H groups in total. The van der Waals surface area contributed by atoms with Crippen molar-refractivity contribution >= 4 is 21.9 Å². The lowest BCUT2D eigenvalue weighted by Crippen LogP contribution is -2.20. The highest BCUT2D eigenvalue weighted by Crippen LogP contribution is 2.35. The lowest BCUT2D eigenvalue weighted by Gasteiger charge is -2.11. The number of fused-ring (bicyclic) bond motifs is 2. The summed E-state index contributed by atoms with van der Waals surface area (Å²) >= 11 is 0. The molecule has 0 unspecified atom stereocenters. The minimum absolute atomic E-state index is 0.361. The Labute approximate surface area is 224 Å². The van der Waals surface area contributed by atoms with Crippen molar-refractivity contribution in [2.24, 2.45) is 5.92 Å². The van der Waals surface area contributed by atoms with Crippen molar-refractivity contribution in [2.45, 2.75) is 32.2 Å². The molecule has 5 aromatic heterocycles. The van der Waals surface area contributed by atoms with Gasteiger partial charge in [0.25, 0.3) is 0 Å². The maximum atomic E-state index is 16.2. The molecule has 0 spiro atoms. The molecule has 39 heavy (non-hydrogen) atoms. The van der Waals surface area contributed by atoms with Crippen LogP contribution in [0.25, 0.3) is 55.8 Å². The van der Waals surface area contributed by atoms with Crippen molar-refractivity contribution in [3.8, 4) is 33.9 Å². The average molecular weight is 519 g/mol. The summed E-state index contributed by atoms with van der Waals surface area (Å²) in [7, 11) is 0. The summed E-state index contributed by atoms with van der Waals surface area (Å²) < 4.78 is 16.2. The van der Waals surface area contributed by atoms with E-state index in [1.54, 1.807) is 30.9 Å². The second-order valence-electron chi connectivity index (χ2n) is 10.2. The highest BCUT2D eigenvalue weighted by Gasteiger charge is 2.21. The lowest BCUT2D eigenvalue weighted by molar-refractivity contribution is 0.489. The number of imidazole rings is 1. The molecule has 1 aliphatic rings. The van der Waals surface area contributed by atoms with Crippen LogP contribution in [-0.2, 0) is 6.54 Å². The molecule has 0 amide bonds. The number of aromatic nitrogens is 7. The summed E-state index contributed by atoms with van der Waals surface area (Å²) in [5.74, 6) is 0.864. The van der Waals surface area contributed by atoms with E-state index < -0.39 is 0 Å². The number of hydrogen-bond acceptors (Lipinski definition) is 6. The Morgan fingerprint density at radius 1 is 0.923 bits per heavy atom. The zero-order valence-corrected chi connectivity index (χ0v) is 21.3. The van der Waals surface area contributed by atoms with Crippen LogP contribution in [-0.4, -0.2) is 41.7 Å². The van der Waals surface area contributed by atoms with Crippen molar-refractivity contribution in [1.29, 1.82) is 0 Å². The number of benzene rings is 1. The first kappa shape index (κ1) is 23.6. The van der Waals surface area contributed by atoms with Gasteiger partial charge in [-0.2, -0.15) is 5.10 Å². The predicted molar refractivity (Wildman–Crippen MR) is 149 cm³/mol. The van der Waals surface area contributed by atoms with Gasteiger partial charge in [-0.1, -0.05) is 12.8 Å². The fraction of sp³-hybridized carbons (Fsp3) is 0.233. The molecular formula is C30H27FN8. The molecule has 0 atom stereocenters. The standard InChI is InChI=1S/C30H27FN8/c31-26-22(21-12-19(15-34-17-21)14-33-13-18-4-1-2-5-18)7-8-23-25(26)29(39-38-23)30-36-24-9-11-35-27(28(24)37-30)20-6-3-10-32-16-20/h3,6-12,15-18,33H,1-2,4-5,13-14H2,(H,36,37)(H,38,39). The normalized spacial score (nSPS) is 14.1. The molecule has 0 radical (unpaired) electrons. The van der Waals surface area contributed by atoms with Crippen LogP contribution in [0.1, 0.15) is 31.2 Å². The van der Waals surface area contributed by atoms with Crippen LogP contribution in [0, 0.1) is 11.7 Å². The van der Waals surface area contributed by atoms with E-state index in [1.165, 1.54) is 25.7 Å². The van der Waals surface area contributed by atoms with Gasteiger partial charge in [-0.05, 0) is 67.3 Å². The second kappa shape index (κ2) is 9.99. The van der Waals surface area contributed by atoms with E-state index in [0.29, 0.717) is 45.7 Å². The molecule has 0 bridgehead atoms. The predicted octanol–water partition coefficient (Wildman–Crippen LogP) is 6.04. The molecule has 194 valence electrons. The number of pyridine rings is 3. The van der Waals surface area contributed by atoms with Gasteiger partial charge in [-0.25, -0.2) is 9.37 Å². The highest BCUT2D eigenvalue weighted by molar-refractivity contribution is 5.98. The van der Waals surface area contributed by atoms with E-state index in [0.717, 1.165) is 34.7 Å². The summed E-state index contributed by atoms with van der Waals surface area (Å²) in [6, 6.07) is 11.3. The first-order chi connectivity index (χ1) is 19.2. The second-order valence-corrected chi connectivity index (χ2v) is 10.2. The van der Waals surface area contributed by atoms with Gasteiger partial charge in [0.1, 0.15) is 17.0 Å². The van der Waals surface area contributed by atoms with Crippen molar-refractivity contribution in [1.82, 2.24) is 40.4 Å². The molecule has 7 rings (SSSR count). The summed E-state index contributed by atoms with van der Waals surface area (Å²) in [4.78, 5) is 21.2. The Bertz CT molecular complexity index is 1770. The number of hydrogen-bond donors (Lipinski definition) is 3. The quantitative estimate of drug-likeness (QED) is 0.238. The fourth-order valence-electron chi connectivity index (χ4n) is 5.60. The molecule has 0 aliphatic heterocycles. The van der Waals surface area contributed by atoms with E-state index in [2.05, 4.69) is 35.5 Å². The van der Waals surface area contributed by atoms with E-state index in [1.807, 2.05) is 36.5 Å². The Balaban J connectivity index is 1.24. The maximum Gasteiger partial charge on any atom is 0.159 e. The van der Waals surface area contributed by atoms with Crippen molar-refractivity contribution < 1.29 is 4.39 Å². The number of H-pyrrole nitrogens is 2. The molecule has 8 nitrogen and oxygen atoms in total. The molecule has 1 aromatic carbocycles. The molecule has 1 saturated carbocycles. The van der Waals surface area contributed by atoms with Gasteiger partial charge in [0, 0.05) is 54.2 Å². The topological polar surface area (TPSA) is 108 Å². The third-order valence-electron chi connectivity index (χ3n) is 7.57. The maximum absolute atomic E-state index is 16.2. The number of nitrogens with zero attached hydrogens (tertiary/aromatic N) is 5. The van der Waals surface area contributed by atoms with Gasteiger partial charge < -0.3 is 10.3 Å². The highest BCUT2D eigenvalue weighted by atomic mass is 19.1. The van der Waals surface area contributed by atoms with Crippen LogP contribution >= 0.6 is 0 Å². The van der Waals surface area contributed by atoms with Gasteiger partial charge in [-0.3, -0.25) is 20.1 Å². The lowest BCUT2D eigenvalue weighted by atomic mass is 10.0. The summed E-state index contributed by atoms with van der Waals surface area (Å²) in [5.41, 5.74) is 6.27. The third kappa shape index (κ3) is 4.44. The Hall–Kier alpha value is -4.50. The van der Waals surface area contributed by atoms with Crippen LogP contribution < -0.4 is 5.32 Å². The van der Waals surface area contributed by atoms with E-state index in [9.17, 15) is 0 Å². The van der Waals surface area contributed by atoms with Crippen LogP contribution in [0.5, 0.6) is 0 Å². The molecule has 6 aromatic rings. The Morgan fingerprint density at radius 2 is 1.82 bits per heavy atom. The van der Waals surface area contributed by atoms with Crippen LogP contribution in [0.4, 0.5) is 4.39 Å². The number of rotatable bonds is 7. The van der Waals surface area contributed by atoms with E-state index >= 15 is 4.39 Å². The first-order valence-electron chi connectivity index (χ1n) is 13.3. The Kier molecular flexibility index (Phi) is 6.05. The van der Waals surface area contributed by atoms with E-state index in [-0.39, 0.29) is 5.82 Å². The molecule has 0 saturated heterocycles. The van der Waals surface area contributed by atoms with Crippen molar-refractivity contribution in [2.75, 3.05) is 6.54 Å². The summed E-state index contributed by atoms with van der Waals surface area (Å²) in [6.45, 7) is 1.73. The van der Waals surface area contributed by atoms with Gasteiger partial charge in [0.05, 0.1) is 22.1 Å². The summed E-state index contributed by atoms with van der Waals surface area (Å²) in [5, 5.41) is 11.3. The smallest absolute Gasteiger partial charge is 0.159 e. The van der Waals surface area contributed by atoms with Gasteiger partial charge in [0.15, 0.2) is 5.82 Å². The molecular weight excluding hydrogens is 491 g/mol. The Morgan fingerprint density at radius 3 is 2.69 bits per heavy atom. The molecule has 9 heteroatoms. The zero-order valence-electron chi connectivity index (χ0n) is 21.3. The van der Waals surface area contributed by atoms with Crippen LogP contribution in [0.15, 0.2) is 67.4 Å². The zero-order chi connectivity index (χ0) is 26.2. The van der Waals surface area contributed by atoms with Crippen molar-refractivity contribution in [3.63, 3.8) is 0 Å². The molecule has 1 fully saturated rings. The third-order valence-corrected chi connectivity index (χ3v) is 7.57. The first-order valence-corrected chi connectivity index (χ1v) is 13.3. The molecule has 5 heterocycles. The number of halogens is 1. The monoisotopic (exact) mass is 518 g/mol. The van der Waals surface area contributed by atoms with E-state index in [4.69, 9.17) is 4.98 Å². The number of aromatic amines is 2. The minimum atomic E-state index is -0.361. The van der Waals surface area contributed by atoms with Gasteiger partial charge in [-0.15, -0.1) is 0 Å². The van der Waals surface area contributed by atoms with Crippen LogP contribution in [0.2, 0.25) is 0 Å². The SMILES string of the molecule is Fc1c(-c2cncc(CNCC3CCCC3)c2)ccc2[nH]nc(-c3nc4c(-c5cccnc5)nccc4[nH]3)c12. The summed E-state index contributed by atoms with van der Waals surface area (Å²) in [6.07, 6.45) is 14.0. The minimum Gasteiger partial charge on any atom is -0.336 e. The largest absolute Gasteiger partial charge is 0.336 e. The van der Waals surface area contributed by atoms with Gasteiger partial charge >= 0.3 is 0 Å². The van der Waals surface area contributed by atoms with Gasteiger partial charge in [0.2, 0.25) is 0 Å². The van der Waals surface area contributed by atoms with Crippen molar-refractivity contribution in [3.05, 3.63) is 78.8 Å². The average Bonchev–Trinajstić information content (AvgIpc) is 3.73. The fourth-order valence-corrected chi connectivity index (χ4v) is 5.60. The molecule has 1 aliphatic carbocycles. The van der Waals surface area contributed by atoms with Crippen LogP contribution in [0.3, 0.4) is 0 Å². The number of nitrogens with one attached hydrogen (secondary N) is 3.